The molecule has 2 aliphatic rings. The highest BCUT2D eigenvalue weighted by molar-refractivity contribution is 6.33. The van der Waals surface area contributed by atoms with Crippen LogP contribution in [0.3, 0.4) is 0 Å². The molecule has 10 rings (SSSR count). The van der Waals surface area contributed by atoms with E-state index in [2.05, 4.69) is 151 Å². The van der Waals surface area contributed by atoms with Gasteiger partial charge in [0.2, 0.25) is 0 Å². The van der Waals surface area contributed by atoms with Gasteiger partial charge < -0.3 is 20.1 Å². The molecule has 0 saturated carbocycles. The number of hydrogen-bond donors (Lipinski definition) is 2. The van der Waals surface area contributed by atoms with E-state index in [0.29, 0.717) is 98.4 Å². The number of hydrogen-bond acceptors (Lipinski definition) is 10. The summed E-state index contributed by atoms with van der Waals surface area (Å²) in [5.74, 6) is -0.221. The number of carbonyl (C=O) groups excluding carboxylic acids is 4. The Morgan fingerprint density at radius 1 is 0.407 bits per heavy atom. The first-order chi connectivity index (χ1) is 40.8. The van der Waals surface area contributed by atoms with Crippen LogP contribution in [-0.4, -0.2) is 89.6 Å². The molecule has 0 unspecified atom stereocenters. The van der Waals surface area contributed by atoms with Gasteiger partial charge in [0.1, 0.15) is 49.2 Å². The Balaban J connectivity index is 0.645. The van der Waals surface area contributed by atoms with Gasteiger partial charge in [0.25, 0.3) is 23.6 Å². The second-order valence-corrected chi connectivity index (χ2v) is 27.4. The number of amides is 4. The number of nitrogens with zero attached hydrogens (tertiary/aromatic N) is 8. The normalized spacial score (nSPS) is 13.8. The second kappa shape index (κ2) is 24.6. The minimum Gasteiger partial charge on any atom is -0.487 e. The summed E-state index contributed by atoms with van der Waals surface area (Å²) in [6.07, 6.45) is 5.04. The van der Waals surface area contributed by atoms with Gasteiger partial charge in [-0.05, 0) is 128 Å². The van der Waals surface area contributed by atoms with Crippen molar-refractivity contribution in [3.05, 3.63) is 200 Å². The van der Waals surface area contributed by atoms with E-state index in [1.807, 2.05) is 70.3 Å². The van der Waals surface area contributed by atoms with Crippen LogP contribution in [0, 0.1) is 0 Å². The molecular weight excluding hydrogens is 1080 g/mol. The van der Waals surface area contributed by atoms with Gasteiger partial charge in [-0.3, -0.25) is 29.0 Å². The van der Waals surface area contributed by atoms with Gasteiger partial charge in [-0.2, -0.15) is 0 Å². The molecule has 448 valence electrons. The Labute approximate surface area is 505 Å². The Morgan fingerprint density at radius 2 is 0.721 bits per heavy atom. The lowest BCUT2D eigenvalue weighted by Crippen LogP contribution is -2.82. The van der Waals surface area contributed by atoms with Crippen LogP contribution in [0.15, 0.2) is 122 Å². The summed E-state index contributed by atoms with van der Waals surface area (Å²) in [5, 5.41) is 22.6. The van der Waals surface area contributed by atoms with Crippen LogP contribution in [0.25, 0.3) is 10.8 Å². The standard InChI is InChI=1S/C70H82N10O6/c1-67(2,3)49-31-47(32-50(35-49)68(4,5)6)39-77-41-53(73-75-77)43-85-55-19-15-45(16-20-55)37-71-27-13-29-79-63(81)57-23-25-59-62-60(26-24-58(61(57)62)64(79)82)66(84)80(65(59)83)30-14-28-72-38-46-17-21-56(22-18-46)86-44-54-42-78(76-74-54)40-48-33-51(69(7,8)9)36-52(34-48)70(10,11)12/h15-26,31-36,41-42,71-72H,13-14,27-30,37-40,43-44H2,1-12H3/p+2. The summed E-state index contributed by atoms with van der Waals surface area (Å²) >= 11 is 0. The van der Waals surface area contributed by atoms with E-state index in [0.717, 1.165) is 34.0 Å². The fourth-order valence-corrected chi connectivity index (χ4v) is 11.1. The number of imide groups is 2. The molecule has 0 saturated heterocycles. The number of carbonyl (C=O) groups is 4. The molecule has 16 heteroatoms. The smallest absolute Gasteiger partial charge is 0.261 e. The Hall–Kier alpha value is -8.34. The monoisotopic (exact) mass is 1160 g/mol. The molecule has 86 heavy (non-hydrogen) atoms. The van der Waals surface area contributed by atoms with E-state index in [4.69, 9.17) is 9.47 Å². The zero-order valence-corrected chi connectivity index (χ0v) is 52.2. The first-order valence-electron chi connectivity index (χ1n) is 30.2. The van der Waals surface area contributed by atoms with Gasteiger partial charge in [-0.15, -0.1) is 10.2 Å². The Kier molecular flexibility index (Phi) is 17.4. The van der Waals surface area contributed by atoms with Crippen LogP contribution in [0.1, 0.15) is 193 Å². The predicted molar refractivity (Wildman–Crippen MR) is 332 cm³/mol. The van der Waals surface area contributed by atoms with Crippen LogP contribution in [0.2, 0.25) is 0 Å². The zero-order chi connectivity index (χ0) is 61.3. The van der Waals surface area contributed by atoms with Gasteiger partial charge in [-0.1, -0.05) is 130 Å². The van der Waals surface area contributed by atoms with Crippen molar-refractivity contribution in [1.82, 2.24) is 39.8 Å². The number of ether oxygens (including phenoxy) is 2. The molecule has 4 amide bonds. The van der Waals surface area contributed by atoms with Crippen LogP contribution < -0.4 is 20.1 Å². The molecule has 2 aliphatic heterocycles. The van der Waals surface area contributed by atoms with E-state index in [9.17, 15) is 19.2 Å². The van der Waals surface area contributed by atoms with Crippen molar-refractivity contribution in [1.29, 1.82) is 0 Å². The second-order valence-electron chi connectivity index (χ2n) is 27.4. The molecule has 0 fully saturated rings. The molecule has 0 spiro atoms. The number of nitrogens with two attached hydrogens (primary N) is 2. The van der Waals surface area contributed by atoms with E-state index < -0.39 is 23.6 Å². The highest BCUT2D eigenvalue weighted by Gasteiger charge is 2.39. The zero-order valence-electron chi connectivity index (χ0n) is 52.2. The van der Waals surface area contributed by atoms with Crippen molar-refractivity contribution in [3.8, 4) is 11.5 Å². The summed E-state index contributed by atoms with van der Waals surface area (Å²) in [4.78, 5) is 58.5. The lowest BCUT2D eigenvalue weighted by molar-refractivity contribution is -0.671. The number of rotatable bonds is 22. The minimum atomic E-state index is -0.422. The van der Waals surface area contributed by atoms with Crippen molar-refractivity contribution in [2.75, 3.05) is 26.2 Å². The molecule has 2 aromatic heterocycles. The van der Waals surface area contributed by atoms with Crippen LogP contribution >= 0.6 is 0 Å². The summed E-state index contributed by atoms with van der Waals surface area (Å²) in [6.45, 7) is 32.0. The van der Waals surface area contributed by atoms with E-state index >= 15 is 0 Å². The third kappa shape index (κ3) is 14.0. The SMILES string of the molecule is CC(C)(C)c1cc(Cn2cc(COc3ccc(C[NH2+]CCCN4C(=O)c5ccc6c7c(ccc(c57)C4=O)C(=O)N(CCC[NH2+]Cc4ccc(OCc5cn(Cc7cc(C(C)(C)C)cc(C(C)(C)C)c7)nn5)cc4)C6=O)cc3)nn2)cc(C(C)(C)C)c1. The molecule has 8 aromatic rings. The van der Waals surface area contributed by atoms with E-state index in [-0.39, 0.29) is 34.7 Å². The summed E-state index contributed by atoms with van der Waals surface area (Å²) < 4.78 is 15.9. The maximum Gasteiger partial charge on any atom is 0.261 e. The van der Waals surface area contributed by atoms with Gasteiger partial charge in [0.15, 0.2) is 0 Å². The molecule has 16 nitrogen and oxygen atoms in total. The predicted octanol–water partition coefficient (Wildman–Crippen LogP) is 9.97. The van der Waals surface area contributed by atoms with E-state index in [1.54, 1.807) is 24.3 Å². The molecule has 0 atom stereocenters. The highest BCUT2D eigenvalue weighted by atomic mass is 16.5. The first-order valence-corrected chi connectivity index (χ1v) is 30.2. The van der Waals surface area contributed by atoms with Crippen LogP contribution in [0.5, 0.6) is 11.5 Å². The minimum absolute atomic E-state index is 0.0298. The first kappa shape index (κ1) is 60.8. The van der Waals surface area contributed by atoms with Crippen molar-refractivity contribution >= 4 is 34.4 Å². The van der Waals surface area contributed by atoms with Gasteiger partial charge in [-0.25, -0.2) is 9.36 Å². The van der Waals surface area contributed by atoms with Crippen molar-refractivity contribution in [2.24, 2.45) is 0 Å². The van der Waals surface area contributed by atoms with Gasteiger partial charge in [0.05, 0.1) is 38.6 Å². The lowest BCUT2D eigenvalue weighted by Gasteiger charge is -2.31. The summed E-state index contributed by atoms with van der Waals surface area (Å²) in [5.41, 5.74) is 12.7. The number of quaternary nitrogens is 2. The quantitative estimate of drug-likeness (QED) is 0.0488. The fraction of sp³-hybridized carbons (Fsp3) is 0.400. The molecule has 6 aromatic carbocycles. The maximum atomic E-state index is 14.0. The fourth-order valence-electron chi connectivity index (χ4n) is 11.1. The Bertz CT molecular complexity index is 3430. The third-order valence-electron chi connectivity index (χ3n) is 16.3. The van der Waals surface area contributed by atoms with Gasteiger partial charge >= 0.3 is 0 Å². The number of aromatic nitrogens is 6. The van der Waals surface area contributed by atoms with Crippen molar-refractivity contribution in [2.45, 2.75) is 157 Å². The van der Waals surface area contributed by atoms with E-state index in [1.165, 1.54) is 43.2 Å². The molecule has 4 heterocycles. The Morgan fingerprint density at radius 3 is 1.02 bits per heavy atom. The maximum absolute atomic E-state index is 14.0. The molecule has 0 radical (unpaired) electrons. The molecular formula is C70H84N10O6+2. The molecule has 0 aliphatic carbocycles. The summed E-state index contributed by atoms with van der Waals surface area (Å²) in [6, 6.07) is 36.2. The summed E-state index contributed by atoms with van der Waals surface area (Å²) in [7, 11) is 0. The van der Waals surface area contributed by atoms with Gasteiger partial charge in [0, 0.05) is 70.1 Å². The number of benzene rings is 6. The van der Waals surface area contributed by atoms with Crippen LogP contribution in [-0.2, 0) is 61.1 Å². The largest absolute Gasteiger partial charge is 0.487 e. The topological polar surface area (TPSA) is 188 Å². The average molecular weight is 1160 g/mol. The lowest BCUT2D eigenvalue weighted by atomic mass is 9.79. The average Bonchev–Trinajstić information content (AvgIpc) is 0.798. The van der Waals surface area contributed by atoms with Crippen LogP contribution in [0.4, 0.5) is 0 Å². The molecule has 4 N–H and O–H groups in total. The molecule has 0 bridgehead atoms. The third-order valence-corrected chi connectivity index (χ3v) is 16.3. The van der Waals surface area contributed by atoms with Crippen molar-refractivity contribution in [3.63, 3.8) is 0 Å². The van der Waals surface area contributed by atoms with Crippen molar-refractivity contribution < 1.29 is 39.3 Å². The highest BCUT2D eigenvalue weighted by Crippen LogP contribution is 2.39.